The van der Waals surface area contributed by atoms with Gasteiger partial charge in [0.1, 0.15) is 0 Å². The molecule has 6 heteroatoms. The lowest BCUT2D eigenvalue weighted by Crippen LogP contribution is -2.40. The van der Waals surface area contributed by atoms with Crippen molar-refractivity contribution in [2.24, 2.45) is 11.1 Å². The average molecular weight is 312 g/mol. The van der Waals surface area contributed by atoms with E-state index in [9.17, 15) is 9.59 Å². The van der Waals surface area contributed by atoms with Crippen molar-refractivity contribution in [2.45, 2.75) is 32.6 Å². The molecule has 0 aromatic heterocycles. The largest absolute Gasteiger partial charge is 0.329 e. The lowest BCUT2D eigenvalue weighted by Gasteiger charge is -2.25. The molecule has 116 valence electrons. The molecule has 2 rings (SSSR count). The molecule has 1 aliphatic carbocycles. The number of nitrogens with two attached hydrogens (primary N) is 1. The number of rotatable bonds is 4. The van der Waals surface area contributed by atoms with Crippen molar-refractivity contribution >= 4 is 35.6 Å². The minimum atomic E-state index is -0.427. The van der Waals surface area contributed by atoms with Crippen LogP contribution in [0.15, 0.2) is 24.3 Å². The SMILES string of the molecule is CC(=O)Nc1cccc(NC(=O)C2(CN)CCCC2)c1.Cl. The monoisotopic (exact) mass is 311 g/mol. The first kappa shape index (κ1) is 17.5. The molecule has 5 nitrogen and oxygen atoms in total. The maximum Gasteiger partial charge on any atom is 0.231 e. The molecule has 0 saturated heterocycles. The van der Waals surface area contributed by atoms with Gasteiger partial charge in [0.15, 0.2) is 0 Å². The third kappa shape index (κ3) is 4.19. The zero-order valence-corrected chi connectivity index (χ0v) is 13.0. The topological polar surface area (TPSA) is 84.2 Å². The van der Waals surface area contributed by atoms with E-state index in [2.05, 4.69) is 10.6 Å². The molecule has 4 N–H and O–H groups in total. The van der Waals surface area contributed by atoms with E-state index in [0.717, 1.165) is 25.7 Å². The van der Waals surface area contributed by atoms with E-state index < -0.39 is 5.41 Å². The van der Waals surface area contributed by atoms with Crippen LogP contribution in [0.3, 0.4) is 0 Å². The maximum absolute atomic E-state index is 12.4. The number of halogens is 1. The number of hydrogen-bond acceptors (Lipinski definition) is 3. The quantitative estimate of drug-likeness (QED) is 0.799. The minimum Gasteiger partial charge on any atom is -0.329 e. The van der Waals surface area contributed by atoms with Gasteiger partial charge < -0.3 is 16.4 Å². The van der Waals surface area contributed by atoms with Crippen LogP contribution in [0.25, 0.3) is 0 Å². The third-order valence-corrected chi connectivity index (χ3v) is 3.87. The molecule has 21 heavy (non-hydrogen) atoms. The van der Waals surface area contributed by atoms with Gasteiger partial charge in [0.2, 0.25) is 11.8 Å². The van der Waals surface area contributed by atoms with Crippen LogP contribution in [0.1, 0.15) is 32.6 Å². The Kier molecular flexibility index (Phi) is 6.18. The normalized spacial score (nSPS) is 15.9. The van der Waals surface area contributed by atoms with Gasteiger partial charge in [0.25, 0.3) is 0 Å². The first-order valence-corrected chi connectivity index (χ1v) is 6.95. The summed E-state index contributed by atoms with van der Waals surface area (Å²) in [5, 5.41) is 5.62. The standard InChI is InChI=1S/C15H21N3O2.ClH/c1-11(19)17-12-5-4-6-13(9-12)18-14(20)15(10-16)7-2-3-8-15;/h4-6,9H,2-3,7-8,10,16H2,1H3,(H,17,19)(H,18,20);1H. The molecule has 0 unspecified atom stereocenters. The predicted molar refractivity (Wildman–Crippen MR) is 86.6 cm³/mol. The Bertz CT molecular complexity index is 513. The van der Waals surface area contributed by atoms with E-state index in [4.69, 9.17) is 5.73 Å². The number of hydrogen-bond donors (Lipinski definition) is 3. The van der Waals surface area contributed by atoms with E-state index in [1.165, 1.54) is 6.92 Å². The van der Waals surface area contributed by atoms with Crippen molar-refractivity contribution in [3.05, 3.63) is 24.3 Å². The van der Waals surface area contributed by atoms with Gasteiger partial charge in [0, 0.05) is 24.8 Å². The van der Waals surface area contributed by atoms with E-state index in [0.29, 0.717) is 17.9 Å². The zero-order valence-electron chi connectivity index (χ0n) is 12.1. The van der Waals surface area contributed by atoms with Crippen LogP contribution < -0.4 is 16.4 Å². The lowest BCUT2D eigenvalue weighted by molar-refractivity contribution is -0.124. The van der Waals surface area contributed by atoms with Crippen molar-refractivity contribution in [3.63, 3.8) is 0 Å². The van der Waals surface area contributed by atoms with Crippen LogP contribution in [0.2, 0.25) is 0 Å². The highest BCUT2D eigenvalue weighted by atomic mass is 35.5. The summed E-state index contributed by atoms with van der Waals surface area (Å²) in [5.41, 5.74) is 6.73. The molecule has 0 heterocycles. The number of carbonyl (C=O) groups excluding carboxylic acids is 2. The fourth-order valence-electron chi connectivity index (χ4n) is 2.72. The first-order chi connectivity index (χ1) is 9.55. The molecule has 1 aromatic carbocycles. The summed E-state index contributed by atoms with van der Waals surface area (Å²) in [5.74, 6) is -0.153. The molecule has 1 saturated carbocycles. The maximum atomic E-state index is 12.4. The summed E-state index contributed by atoms with van der Waals surface area (Å²) < 4.78 is 0. The summed E-state index contributed by atoms with van der Waals surface area (Å²) in [6, 6.07) is 7.14. The van der Waals surface area contributed by atoms with Gasteiger partial charge in [-0.2, -0.15) is 0 Å². The van der Waals surface area contributed by atoms with E-state index in [-0.39, 0.29) is 24.2 Å². The Balaban J connectivity index is 0.00000220. The molecule has 0 bridgehead atoms. The minimum absolute atomic E-state index is 0. The van der Waals surface area contributed by atoms with Crippen LogP contribution in [0.5, 0.6) is 0 Å². The molecule has 0 radical (unpaired) electrons. The molecule has 0 spiro atoms. The number of carbonyl (C=O) groups is 2. The molecular formula is C15H22ClN3O2. The second-order valence-electron chi connectivity index (χ2n) is 5.41. The molecular weight excluding hydrogens is 290 g/mol. The highest BCUT2D eigenvalue weighted by Gasteiger charge is 2.39. The highest BCUT2D eigenvalue weighted by molar-refractivity contribution is 5.97. The second kappa shape index (κ2) is 7.43. The highest BCUT2D eigenvalue weighted by Crippen LogP contribution is 2.38. The fraction of sp³-hybridized carbons (Fsp3) is 0.467. The molecule has 1 fully saturated rings. The van der Waals surface area contributed by atoms with Gasteiger partial charge in [-0.3, -0.25) is 9.59 Å². The van der Waals surface area contributed by atoms with Gasteiger partial charge in [-0.05, 0) is 31.0 Å². The Morgan fingerprint density at radius 3 is 2.29 bits per heavy atom. The van der Waals surface area contributed by atoms with Crippen LogP contribution >= 0.6 is 12.4 Å². The molecule has 0 atom stereocenters. The summed E-state index contributed by atoms with van der Waals surface area (Å²) in [4.78, 5) is 23.5. The van der Waals surface area contributed by atoms with Gasteiger partial charge >= 0.3 is 0 Å². The lowest BCUT2D eigenvalue weighted by atomic mass is 9.85. The summed E-state index contributed by atoms with van der Waals surface area (Å²) >= 11 is 0. The van der Waals surface area contributed by atoms with Gasteiger partial charge in [-0.25, -0.2) is 0 Å². The van der Waals surface area contributed by atoms with Crippen molar-refractivity contribution in [3.8, 4) is 0 Å². The van der Waals surface area contributed by atoms with Crippen LogP contribution in [0, 0.1) is 5.41 Å². The van der Waals surface area contributed by atoms with E-state index >= 15 is 0 Å². The summed E-state index contributed by atoms with van der Waals surface area (Å²) in [6.07, 6.45) is 3.80. The second-order valence-corrected chi connectivity index (χ2v) is 5.41. The van der Waals surface area contributed by atoms with Crippen molar-refractivity contribution in [1.82, 2.24) is 0 Å². The van der Waals surface area contributed by atoms with Crippen molar-refractivity contribution in [2.75, 3.05) is 17.2 Å². The van der Waals surface area contributed by atoms with Crippen molar-refractivity contribution in [1.29, 1.82) is 0 Å². The van der Waals surface area contributed by atoms with Crippen molar-refractivity contribution < 1.29 is 9.59 Å². The van der Waals surface area contributed by atoms with E-state index in [1.807, 2.05) is 6.07 Å². The molecule has 0 aliphatic heterocycles. The van der Waals surface area contributed by atoms with Gasteiger partial charge in [0.05, 0.1) is 5.41 Å². The zero-order chi connectivity index (χ0) is 14.6. The number of amides is 2. The summed E-state index contributed by atoms with van der Waals surface area (Å²) in [7, 11) is 0. The Labute approximate surface area is 131 Å². The van der Waals surface area contributed by atoms with Gasteiger partial charge in [-0.15, -0.1) is 12.4 Å². The average Bonchev–Trinajstić information content (AvgIpc) is 2.88. The Hall–Kier alpha value is -1.59. The van der Waals surface area contributed by atoms with Crippen LogP contribution in [-0.4, -0.2) is 18.4 Å². The summed E-state index contributed by atoms with van der Waals surface area (Å²) in [6.45, 7) is 1.83. The third-order valence-electron chi connectivity index (χ3n) is 3.87. The smallest absolute Gasteiger partial charge is 0.231 e. The van der Waals surface area contributed by atoms with Crippen LogP contribution in [-0.2, 0) is 9.59 Å². The first-order valence-electron chi connectivity index (χ1n) is 6.95. The van der Waals surface area contributed by atoms with E-state index in [1.54, 1.807) is 18.2 Å². The number of benzene rings is 1. The van der Waals surface area contributed by atoms with Gasteiger partial charge in [-0.1, -0.05) is 18.9 Å². The Morgan fingerprint density at radius 2 is 1.76 bits per heavy atom. The molecule has 2 amide bonds. The fourth-order valence-corrected chi connectivity index (χ4v) is 2.72. The Morgan fingerprint density at radius 1 is 1.19 bits per heavy atom. The number of nitrogens with one attached hydrogen (secondary N) is 2. The predicted octanol–water partition coefficient (Wildman–Crippen LogP) is 2.52. The number of anilines is 2. The van der Waals surface area contributed by atoms with Crippen LogP contribution in [0.4, 0.5) is 11.4 Å². The molecule has 1 aromatic rings. The molecule has 1 aliphatic rings.